The van der Waals surface area contributed by atoms with Crippen LogP contribution in [0, 0.1) is 15.3 Å². The van der Waals surface area contributed by atoms with E-state index in [1.54, 1.807) is 0 Å². The first-order chi connectivity index (χ1) is 8.29. The molecule has 1 aromatic rings. The molecule has 1 rings (SSSR count). The van der Waals surface area contributed by atoms with Crippen molar-refractivity contribution in [2.75, 3.05) is 0 Å². The maximum Gasteiger partial charge on any atom is 0.402 e. The van der Waals surface area contributed by atoms with E-state index >= 15 is 0 Å². The van der Waals surface area contributed by atoms with Gasteiger partial charge in [-0.1, -0.05) is 0 Å². The Morgan fingerprint density at radius 2 is 1.83 bits per heavy atom. The zero-order valence-corrected chi connectivity index (χ0v) is 9.38. The third-order valence-corrected chi connectivity index (χ3v) is 1.91. The number of carbonyl (C=O) groups is 2. The number of hydrogen-bond acceptors (Lipinski definition) is 5. The number of pyridine rings is 1. The average molecular weight is 279 g/mol. The van der Waals surface area contributed by atoms with Gasteiger partial charge in [-0.2, -0.15) is 0 Å². The molecule has 0 aliphatic carbocycles. The van der Waals surface area contributed by atoms with Gasteiger partial charge in [-0.25, -0.2) is 14.6 Å². The van der Waals surface area contributed by atoms with Gasteiger partial charge in [0.2, 0.25) is 0 Å². The van der Waals surface area contributed by atoms with E-state index in [1.165, 1.54) is 12.3 Å². The molecule has 0 bridgehead atoms. The lowest BCUT2D eigenvalue weighted by molar-refractivity contribution is -0.402. The normalized spacial score (nSPS) is 8.94. The molecule has 10 heteroatoms. The minimum absolute atomic E-state index is 0.122. The predicted octanol–water partition coefficient (Wildman–Crippen LogP) is 0.397. The Morgan fingerprint density at radius 3 is 2.17 bits per heavy atom. The van der Waals surface area contributed by atoms with E-state index in [4.69, 9.17) is 37.1 Å². The molecular weight excluding hydrogens is 272 g/mol. The highest BCUT2D eigenvalue weighted by Gasteiger charge is 2.23. The second-order valence-electron chi connectivity index (χ2n) is 2.76. The molecule has 1 heterocycles. The third-order valence-electron chi connectivity index (χ3n) is 1.60. The van der Waals surface area contributed by atoms with Crippen molar-refractivity contribution in [3.8, 4) is 0 Å². The average Bonchev–Trinajstić information content (AvgIpc) is 2.27. The van der Waals surface area contributed by atoms with Crippen LogP contribution in [-0.4, -0.2) is 27.2 Å². The van der Waals surface area contributed by atoms with Gasteiger partial charge in [-0.3, -0.25) is 0 Å². The molecule has 0 saturated heterocycles. The van der Waals surface area contributed by atoms with Crippen LogP contribution >= 0.6 is 11.6 Å². The Kier molecular flexibility index (Phi) is 6.07. The number of aromatic nitrogens is 1. The molecule has 18 heavy (non-hydrogen) atoms. The first-order valence-electron chi connectivity index (χ1n) is 4.18. The van der Waals surface area contributed by atoms with Gasteiger partial charge in [-0.05, 0) is 6.07 Å². The highest BCUT2D eigenvalue weighted by Crippen LogP contribution is 2.08. The SMILES string of the molecule is O=C(O)c1cc(CCl)c[nH+]c1C(=O)O.O=[N+]([O-])[O-]. The topological polar surface area (TPSA) is 155 Å². The van der Waals surface area contributed by atoms with Crippen molar-refractivity contribution in [2.45, 2.75) is 5.88 Å². The van der Waals surface area contributed by atoms with Gasteiger partial charge in [0, 0.05) is 5.56 Å². The number of aromatic carboxylic acids is 2. The van der Waals surface area contributed by atoms with E-state index in [-0.39, 0.29) is 17.1 Å². The number of H-pyrrole nitrogens is 1. The molecule has 0 atom stereocenters. The van der Waals surface area contributed by atoms with Crippen LogP contribution in [0.2, 0.25) is 0 Å². The Balaban J connectivity index is 0.000000631. The molecule has 0 unspecified atom stereocenters. The van der Waals surface area contributed by atoms with Gasteiger partial charge in [0.05, 0.1) is 11.0 Å². The number of carboxylic acid groups (broad SMARTS) is 2. The van der Waals surface area contributed by atoms with Crippen LogP contribution < -0.4 is 4.98 Å². The number of nitrogens with zero attached hydrogens (tertiary/aromatic N) is 1. The molecule has 0 fully saturated rings. The zero-order chi connectivity index (χ0) is 14.3. The van der Waals surface area contributed by atoms with E-state index in [1.807, 2.05) is 0 Å². The number of alkyl halides is 1. The van der Waals surface area contributed by atoms with E-state index in [9.17, 15) is 9.59 Å². The predicted molar refractivity (Wildman–Crippen MR) is 56.8 cm³/mol. The maximum absolute atomic E-state index is 10.7. The van der Waals surface area contributed by atoms with Crippen molar-refractivity contribution < 1.29 is 29.9 Å². The Bertz CT molecular complexity index is 473. The molecule has 0 amide bonds. The first-order valence-corrected chi connectivity index (χ1v) is 4.71. The fourth-order valence-corrected chi connectivity index (χ4v) is 1.12. The van der Waals surface area contributed by atoms with Crippen LogP contribution in [-0.2, 0) is 5.88 Å². The lowest BCUT2D eigenvalue weighted by Gasteiger charge is -1.96. The number of hydrogen-bond donors (Lipinski definition) is 2. The van der Waals surface area contributed by atoms with Gasteiger partial charge < -0.3 is 25.5 Å². The van der Waals surface area contributed by atoms with Crippen LogP contribution in [0.5, 0.6) is 0 Å². The molecule has 9 nitrogen and oxygen atoms in total. The van der Waals surface area contributed by atoms with Crippen LogP contribution in [0.3, 0.4) is 0 Å². The van der Waals surface area contributed by atoms with Gasteiger partial charge in [0.15, 0.2) is 6.20 Å². The number of carboxylic acids is 2. The fraction of sp³-hybridized carbons (Fsp3) is 0.125. The summed E-state index contributed by atoms with van der Waals surface area (Å²) in [5.41, 5.74) is -0.129. The summed E-state index contributed by atoms with van der Waals surface area (Å²) in [6.45, 7) is 0. The highest BCUT2D eigenvalue weighted by atomic mass is 35.5. The van der Waals surface area contributed by atoms with Gasteiger partial charge in [0.25, 0.3) is 0 Å². The minimum Gasteiger partial charge on any atom is -0.477 e. The Hall–Kier alpha value is -2.42. The van der Waals surface area contributed by atoms with Gasteiger partial charge in [-0.15, -0.1) is 11.6 Å². The maximum atomic E-state index is 10.7. The van der Waals surface area contributed by atoms with Crippen molar-refractivity contribution in [2.24, 2.45) is 0 Å². The fourth-order valence-electron chi connectivity index (χ4n) is 0.965. The second-order valence-corrected chi connectivity index (χ2v) is 3.03. The van der Waals surface area contributed by atoms with Crippen LogP contribution in [0.25, 0.3) is 0 Å². The lowest BCUT2D eigenvalue weighted by Crippen LogP contribution is -2.22. The molecule has 0 aliphatic rings. The number of halogens is 1. The Labute approximate surface area is 104 Å². The van der Waals surface area contributed by atoms with Crippen molar-refractivity contribution in [3.63, 3.8) is 0 Å². The van der Waals surface area contributed by atoms with Gasteiger partial charge >= 0.3 is 17.6 Å². The van der Waals surface area contributed by atoms with Crippen LogP contribution in [0.15, 0.2) is 12.3 Å². The molecule has 0 aromatic carbocycles. The highest BCUT2D eigenvalue weighted by molar-refractivity contribution is 6.17. The largest absolute Gasteiger partial charge is 0.477 e. The van der Waals surface area contributed by atoms with E-state index in [0.29, 0.717) is 5.56 Å². The molecule has 98 valence electrons. The third kappa shape index (κ3) is 5.07. The van der Waals surface area contributed by atoms with E-state index in [0.717, 1.165) is 0 Å². The molecular formula is C8H7ClN2O7. The molecule has 1 aromatic heterocycles. The molecule has 0 aliphatic heterocycles. The minimum atomic E-state index is -1.75. The molecule has 0 saturated carbocycles. The molecule has 0 spiro atoms. The van der Waals surface area contributed by atoms with E-state index < -0.39 is 17.0 Å². The van der Waals surface area contributed by atoms with E-state index in [2.05, 4.69) is 4.98 Å². The van der Waals surface area contributed by atoms with Gasteiger partial charge in [0.1, 0.15) is 5.56 Å². The first kappa shape index (κ1) is 15.6. The summed E-state index contributed by atoms with van der Waals surface area (Å²) in [6.07, 6.45) is 1.36. The summed E-state index contributed by atoms with van der Waals surface area (Å²) >= 11 is 5.48. The Morgan fingerprint density at radius 1 is 1.33 bits per heavy atom. The summed E-state index contributed by atoms with van der Waals surface area (Å²) in [5, 5.41) is 32.1. The zero-order valence-electron chi connectivity index (χ0n) is 8.62. The number of rotatable bonds is 3. The van der Waals surface area contributed by atoms with Crippen LogP contribution in [0.4, 0.5) is 0 Å². The summed E-state index contributed by atoms with van der Waals surface area (Å²) in [6, 6.07) is 1.23. The summed E-state index contributed by atoms with van der Waals surface area (Å²) in [7, 11) is 0. The van der Waals surface area contributed by atoms with Crippen molar-refractivity contribution in [1.29, 1.82) is 0 Å². The van der Waals surface area contributed by atoms with Crippen molar-refractivity contribution >= 4 is 23.5 Å². The lowest BCUT2D eigenvalue weighted by atomic mass is 10.1. The monoisotopic (exact) mass is 278 g/mol. The molecule has 0 radical (unpaired) electrons. The summed E-state index contributed by atoms with van der Waals surface area (Å²) in [5.74, 6) is -2.49. The van der Waals surface area contributed by atoms with Crippen molar-refractivity contribution in [3.05, 3.63) is 44.4 Å². The quantitative estimate of drug-likeness (QED) is 0.460. The summed E-state index contributed by atoms with van der Waals surface area (Å²) < 4.78 is 0. The van der Waals surface area contributed by atoms with Crippen LogP contribution in [0.1, 0.15) is 26.4 Å². The molecule has 3 N–H and O–H groups in total. The smallest absolute Gasteiger partial charge is 0.402 e. The number of aromatic amines is 1. The standard InChI is InChI=1S/C8H6ClNO4.NO3/c9-2-4-1-5(7(11)12)6(8(13)14)10-3-4;2-1(3)4/h1,3H,2H2,(H,11,12)(H,13,14);/q;-1/p+1. The van der Waals surface area contributed by atoms with Crippen molar-refractivity contribution in [1.82, 2.24) is 0 Å². The second kappa shape index (κ2) is 7.01. The number of nitrogens with one attached hydrogen (secondary N) is 1. The summed E-state index contributed by atoms with van der Waals surface area (Å²) in [4.78, 5) is 31.9.